The Balaban J connectivity index is 1.80. The molecule has 0 aliphatic carbocycles. The number of rotatable bonds is 8. The Kier molecular flexibility index (Phi) is 7.59. The summed E-state index contributed by atoms with van der Waals surface area (Å²) in [5.41, 5.74) is 1.18. The number of nitrogens with zero attached hydrogens (tertiary/aromatic N) is 2. The van der Waals surface area contributed by atoms with Crippen LogP contribution in [-0.2, 0) is 19.1 Å². The molecule has 1 aliphatic heterocycles. The summed E-state index contributed by atoms with van der Waals surface area (Å²) in [6, 6.07) is 14.8. The largest absolute Gasteiger partial charge is 0.466 e. The zero-order valence-corrected chi connectivity index (χ0v) is 18.5. The van der Waals surface area contributed by atoms with E-state index in [1.807, 2.05) is 6.07 Å². The zero-order chi connectivity index (χ0) is 22.4. The van der Waals surface area contributed by atoms with Gasteiger partial charge in [-0.3, -0.25) is 19.3 Å². The quantitative estimate of drug-likeness (QED) is 0.479. The number of carbonyl (C=O) groups excluding carboxylic acids is 3. The molecule has 0 radical (unpaired) electrons. The predicted molar refractivity (Wildman–Crippen MR) is 123 cm³/mol. The predicted octanol–water partition coefficient (Wildman–Crippen LogP) is 3.62. The number of anilines is 2. The smallest absolute Gasteiger partial charge is 0.307 e. The van der Waals surface area contributed by atoms with Gasteiger partial charge in [0.2, 0.25) is 5.91 Å². The van der Waals surface area contributed by atoms with Crippen LogP contribution in [0.5, 0.6) is 0 Å². The number of amides is 2. The van der Waals surface area contributed by atoms with Gasteiger partial charge in [0.05, 0.1) is 25.1 Å². The van der Waals surface area contributed by atoms with E-state index in [0.29, 0.717) is 16.4 Å². The van der Waals surface area contributed by atoms with Crippen LogP contribution in [0.2, 0.25) is 5.02 Å². The topological polar surface area (TPSA) is 79.0 Å². The van der Waals surface area contributed by atoms with Crippen LogP contribution in [0.1, 0.15) is 19.8 Å². The summed E-state index contributed by atoms with van der Waals surface area (Å²) in [6.07, 6.45) is -0.0622. The van der Waals surface area contributed by atoms with Crippen molar-refractivity contribution < 1.29 is 19.1 Å². The third kappa shape index (κ3) is 5.59. The molecule has 2 aromatic rings. The standard InChI is InChI=1S/C22H22ClN3O4S/c1-2-30-20(28)12-13-25-18(14-19(27)24-16-6-4-3-5-7-16)21(29)26(22(25)31)17-10-8-15(23)9-11-17/h3-11,18H,2,12-14H2,1H3,(H,24,27). The number of para-hydroxylation sites is 1. The second kappa shape index (κ2) is 10.4. The molecule has 2 aromatic carbocycles. The molecule has 1 unspecified atom stereocenters. The Labute approximate surface area is 190 Å². The maximum Gasteiger partial charge on any atom is 0.307 e. The molecule has 1 heterocycles. The van der Waals surface area contributed by atoms with Gasteiger partial charge in [-0.15, -0.1) is 0 Å². The Morgan fingerprint density at radius 1 is 1.13 bits per heavy atom. The molecule has 1 saturated heterocycles. The maximum atomic E-state index is 13.2. The number of carbonyl (C=O) groups is 3. The van der Waals surface area contributed by atoms with Crippen LogP contribution in [0.3, 0.4) is 0 Å². The van der Waals surface area contributed by atoms with Gasteiger partial charge in [-0.1, -0.05) is 29.8 Å². The summed E-state index contributed by atoms with van der Waals surface area (Å²) in [5, 5.41) is 3.54. The van der Waals surface area contributed by atoms with E-state index in [-0.39, 0.29) is 42.9 Å². The van der Waals surface area contributed by atoms with E-state index in [2.05, 4.69) is 5.32 Å². The van der Waals surface area contributed by atoms with Crippen LogP contribution in [0.25, 0.3) is 0 Å². The molecule has 2 amide bonds. The van der Waals surface area contributed by atoms with Crippen LogP contribution in [0, 0.1) is 0 Å². The van der Waals surface area contributed by atoms with Gasteiger partial charge in [-0.05, 0) is 55.5 Å². The lowest BCUT2D eigenvalue weighted by molar-refractivity contribution is -0.143. The van der Waals surface area contributed by atoms with Gasteiger partial charge in [0.1, 0.15) is 6.04 Å². The van der Waals surface area contributed by atoms with E-state index in [9.17, 15) is 14.4 Å². The van der Waals surface area contributed by atoms with Crippen LogP contribution in [-0.4, -0.2) is 47.0 Å². The molecule has 0 bridgehead atoms. The molecule has 1 aliphatic rings. The first-order chi connectivity index (χ1) is 14.9. The van der Waals surface area contributed by atoms with Crippen LogP contribution >= 0.6 is 23.8 Å². The highest BCUT2D eigenvalue weighted by Crippen LogP contribution is 2.28. The Morgan fingerprint density at radius 2 is 1.81 bits per heavy atom. The number of esters is 1. The maximum absolute atomic E-state index is 13.2. The highest BCUT2D eigenvalue weighted by atomic mass is 35.5. The van der Waals surface area contributed by atoms with Gasteiger partial charge in [0, 0.05) is 17.3 Å². The zero-order valence-electron chi connectivity index (χ0n) is 16.9. The molecule has 9 heteroatoms. The van der Waals surface area contributed by atoms with Gasteiger partial charge in [0.25, 0.3) is 5.91 Å². The molecule has 3 rings (SSSR count). The third-order valence-corrected chi connectivity index (χ3v) is 5.37. The number of ether oxygens (including phenoxy) is 1. The molecule has 0 aromatic heterocycles. The highest BCUT2D eigenvalue weighted by Gasteiger charge is 2.44. The molecule has 1 atom stereocenters. The first kappa shape index (κ1) is 22.7. The fourth-order valence-corrected chi connectivity index (χ4v) is 3.81. The van der Waals surface area contributed by atoms with Crippen molar-refractivity contribution in [1.82, 2.24) is 4.90 Å². The minimum absolute atomic E-state index is 0.0481. The SMILES string of the molecule is CCOC(=O)CCN1C(=S)N(c2ccc(Cl)cc2)C(=O)C1CC(=O)Nc1ccccc1. The number of nitrogens with one attached hydrogen (secondary N) is 1. The van der Waals surface area contributed by atoms with Gasteiger partial charge in [-0.2, -0.15) is 0 Å². The molecule has 1 N–H and O–H groups in total. The second-order valence-corrected chi connectivity index (χ2v) is 7.62. The van der Waals surface area contributed by atoms with Crippen molar-refractivity contribution in [2.24, 2.45) is 0 Å². The molecule has 1 fully saturated rings. The van der Waals surface area contributed by atoms with Crippen molar-refractivity contribution >= 4 is 58.1 Å². The lowest BCUT2D eigenvalue weighted by Gasteiger charge is -2.23. The van der Waals surface area contributed by atoms with Gasteiger partial charge in [-0.25, -0.2) is 0 Å². The summed E-state index contributed by atoms with van der Waals surface area (Å²) in [5.74, 6) is -1.05. The Morgan fingerprint density at radius 3 is 2.45 bits per heavy atom. The summed E-state index contributed by atoms with van der Waals surface area (Å²) in [4.78, 5) is 40.7. The van der Waals surface area contributed by atoms with Crippen LogP contribution < -0.4 is 10.2 Å². The van der Waals surface area contributed by atoms with Gasteiger partial charge >= 0.3 is 5.97 Å². The fourth-order valence-electron chi connectivity index (χ4n) is 3.27. The number of hydrogen-bond acceptors (Lipinski definition) is 5. The fraction of sp³-hybridized carbons (Fsp3) is 0.273. The van der Waals surface area contributed by atoms with Crippen molar-refractivity contribution in [3.05, 3.63) is 59.6 Å². The van der Waals surface area contributed by atoms with Crippen LogP contribution in [0.4, 0.5) is 11.4 Å². The number of thiocarbonyl (C=S) groups is 1. The lowest BCUT2D eigenvalue weighted by Crippen LogP contribution is -2.39. The number of hydrogen-bond donors (Lipinski definition) is 1. The average Bonchev–Trinajstić information content (AvgIpc) is 2.97. The number of halogens is 1. The second-order valence-electron chi connectivity index (χ2n) is 6.82. The molecule has 7 nitrogen and oxygen atoms in total. The van der Waals surface area contributed by atoms with Crippen molar-refractivity contribution in [1.29, 1.82) is 0 Å². The molecular formula is C22H22ClN3O4S. The van der Waals surface area contributed by atoms with E-state index < -0.39 is 12.0 Å². The summed E-state index contributed by atoms with van der Waals surface area (Å²) >= 11 is 11.5. The van der Waals surface area contributed by atoms with E-state index in [4.69, 9.17) is 28.6 Å². The van der Waals surface area contributed by atoms with Crippen LogP contribution in [0.15, 0.2) is 54.6 Å². The summed E-state index contributed by atoms with van der Waals surface area (Å²) < 4.78 is 4.98. The van der Waals surface area contributed by atoms with Crippen molar-refractivity contribution in [2.45, 2.75) is 25.8 Å². The Bertz CT molecular complexity index is 968. The lowest BCUT2D eigenvalue weighted by atomic mass is 10.1. The van der Waals surface area contributed by atoms with Crippen molar-refractivity contribution in [3.63, 3.8) is 0 Å². The molecule has 0 spiro atoms. The van der Waals surface area contributed by atoms with E-state index in [0.717, 1.165) is 0 Å². The van der Waals surface area contributed by atoms with Gasteiger partial charge < -0.3 is 15.0 Å². The summed E-state index contributed by atoms with van der Waals surface area (Å²) in [6.45, 7) is 2.15. The first-order valence-electron chi connectivity index (χ1n) is 9.81. The minimum Gasteiger partial charge on any atom is -0.466 e. The molecular weight excluding hydrogens is 438 g/mol. The van der Waals surface area contributed by atoms with Crippen molar-refractivity contribution in [2.75, 3.05) is 23.4 Å². The molecule has 31 heavy (non-hydrogen) atoms. The van der Waals surface area contributed by atoms with Gasteiger partial charge in [0.15, 0.2) is 5.11 Å². The molecule has 162 valence electrons. The summed E-state index contributed by atoms with van der Waals surface area (Å²) in [7, 11) is 0. The number of benzene rings is 2. The van der Waals surface area contributed by atoms with E-state index in [1.54, 1.807) is 60.4 Å². The van der Waals surface area contributed by atoms with E-state index in [1.165, 1.54) is 4.90 Å². The highest BCUT2D eigenvalue weighted by molar-refractivity contribution is 7.80. The average molecular weight is 460 g/mol. The third-order valence-electron chi connectivity index (χ3n) is 4.70. The monoisotopic (exact) mass is 459 g/mol. The Hall–Kier alpha value is -2.97. The normalized spacial score (nSPS) is 15.9. The van der Waals surface area contributed by atoms with E-state index >= 15 is 0 Å². The molecule has 0 saturated carbocycles. The minimum atomic E-state index is -0.832. The van der Waals surface area contributed by atoms with Crippen molar-refractivity contribution in [3.8, 4) is 0 Å². The first-order valence-corrected chi connectivity index (χ1v) is 10.6.